The Morgan fingerprint density at radius 1 is 1.25 bits per heavy atom. The molecule has 0 amide bonds. The van der Waals surface area contributed by atoms with Crippen molar-refractivity contribution in [3.63, 3.8) is 0 Å². The summed E-state index contributed by atoms with van der Waals surface area (Å²) in [6.07, 6.45) is 4.99. The van der Waals surface area contributed by atoms with E-state index in [1.165, 1.54) is 5.56 Å². The molecule has 2 N–H and O–H groups in total. The third-order valence-electron chi connectivity index (χ3n) is 3.42. The Kier molecular flexibility index (Phi) is 5.34. The molecular formula is C15H22N2O2S. The van der Waals surface area contributed by atoms with Crippen molar-refractivity contribution in [3.05, 3.63) is 41.5 Å². The van der Waals surface area contributed by atoms with Crippen LogP contribution in [0.4, 0.5) is 0 Å². The maximum atomic E-state index is 12.2. The maximum absolute atomic E-state index is 12.2. The van der Waals surface area contributed by atoms with Gasteiger partial charge in [0.15, 0.2) is 0 Å². The molecule has 0 atom stereocenters. The first-order chi connectivity index (χ1) is 9.62. The average molecular weight is 294 g/mol. The Morgan fingerprint density at radius 2 is 2.00 bits per heavy atom. The van der Waals surface area contributed by atoms with Gasteiger partial charge in [-0.15, -0.1) is 0 Å². The fourth-order valence-corrected chi connectivity index (χ4v) is 3.26. The predicted octanol–water partition coefficient (Wildman–Crippen LogP) is 1.84. The number of aryl methyl sites for hydroxylation is 1. The second-order valence-corrected chi connectivity index (χ2v) is 6.80. The molecule has 4 nitrogen and oxygen atoms in total. The van der Waals surface area contributed by atoms with Crippen LogP contribution in [0.1, 0.15) is 25.3 Å². The van der Waals surface area contributed by atoms with Gasteiger partial charge in [-0.2, -0.15) is 0 Å². The quantitative estimate of drug-likeness (QED) is 0.787. The van der Waals surface area contributed by atoms with E-state index in [0.29, 0.717) is 11.4 Å². The van der Waals surface area contributed by atoms with E-state index >= 15 is 0 Å². The molecule has 2 rings (SSSR count). The number of hydrogen-bond acceptors (Lipinski definition) is 3. The van der Waals surface area contributed by atoms with Crippen LogP contribution in [0.2, 0.25) is 0 Å². The lowest BCUT2D eigenvalue weighted by Gasteiger charge is -2.14. The first kappa shape index (κ1) is 15.2. The van der Waals surface area contributed by atoms with Gasteiger partial charge in [-0.3, -0.25) is 0 Å². The lowest BCUT2D eigenvalue weighted by atomic mass is 10.1. The van der Waals surface area contributed by atoms with Gasteiger partial charge in [0.1, 0.15) is 0 Å². The summed E-state index contributed by atoms with van der Waals surface area (Å²) >= 11 is 0. The fraction of sp³-hybridized carbons (Fsp3) is 0.467. The molecule has 0 saturated heterocycles. The Hall–Kier alpha value is -1.17. The van der Waals surface area contributed by atoms with E-state index in [0.717, 1.165) is 37.9 Å². The summed E-state index contributed by atoms with van der Waals surface area (Å²) < 4.78 is 27.1. The van der Waals surface area contributed by atoms with E-state index < -0.39 is 10.0 Å². The Labute approximate surface area is 121 Å². The number of benzene rings is 1. The normalized spacial score (nSPS) is 15.9. The zero-order chi connectivity index (χ0) is 14.4. The van der Waals surface area contributed by atoms with Crippen molar-refractivity contribution in [2.45, 2.75) is 31.1 Å². The number of hydrogen-bond donors (Lipinski definition) is 2. The van der Waals surface area contributed by atoms with Crippen LogP contribution in [-0.2, 0) is 16.4 Å². The standard InChI is InChI=1S/C15H22N2O2S/c1-2-3-13-4-6-15(7-5-13)20(18,19)17-12-14-8-10-16-11-9-14/h4-8,16-17H,2-3,9-12H2,1H3. The minimum Gasteiger partial charge on any atom is -0.313 e. The van der Waals surface area contributed by atoms with Crippen molar-refractivity contribution in [3.8, 4) is 0 Å². The van der Waals surface area contributed by atoms with Gasteiger partial charge in [-0.25, -0.2) is 13.1 Å². The zero-order valence-corrected chi connectivity index (χ0v) is 12.7. The van der Waals surface area contributed by atoms with Gasteiger partial charge < -0.3 is 5.32 Å². The van der Waals surface area contributed by atoms with E-state index in [9.17, 15) is 8.42 Å². The Balaban J connectivity index is 2.00. The summed E-state index contributed by atoms with van der Waals surface area (Å²) in [6, 6.07) is 7.15. The monoisotopic (exact) mass is 294 g/mol. The number of sulfonamides is 1. The lowest BCUT2D eigenvalue weighted by molar-refractivity contribution is 0.582. The third kappa shape index (κ3) is 4.16. The smallest absolute Gasteiger partial charge is 0.240 e. The summed E-state index contributed by atoms with van der Waals surface area (Å²) in [5, 5.41) is 3.21. The highest BCUT2D eigenvalue weighted by Gasteiger charge is 2.14. The minimum absolute atomic E-state index is 0.340. The lowest BCUT2D eigenvalue weighted by Crippen LogP contribution is -2.29. The van der Waals surface area contributed by atoms with Crippen molar-refractivity contribution in [2.24, 2.45) is 0 Å². The molecule has 1 aromatic rings. The SMILES string of the molecule is CCCc1ccc(S(=O)(=O)NCC2=CCNCC2)cc1. The number of rotatable bonds is 6. The van der Waals surface area contributed by atoms with Crippen LogP contribution >= 0.6 is 0 Å². The molecule has 0 unspecified atom stereocenters. The van der Waals surface area contributed by atoms with Crippen LogP contribution in [0.25, 0.3) is 0 Å². The van der Waals surface area contributed by atoms with E-state index in [-0.39, 0.29) is 0 Å². The Bertz CT molecular complexity index is 562. The summed E-state index contributed by atoms with van der Waals surface area (Å²) in [5.74, 6) is 0. The Morgan fingerprint density at radius 3 is 2.60 bits per heavy atom. The van der Waals surface area contributed by atoms with Gasteiger partial charge in [-0.05, 0) is 37.1 Å². The van der Waals surface area contributed by atoms with Crippen LogP contribution in [0.15, 0.2) is 40.8 Å². The summed E-state index contributed by atoms with van der Waals surface area (Å²) in [5.41, 5.74) is 2.32. The highest BCUT2D eigenvalue weighted by molar-refractivity contribution is 7.89. The van der Waals surface area contributed by atoms with Gasteiger partial charge >= 0.3 is 0 Å². The topological polar surface area (TPSA) is 58.2 Å². The molecule has 0 spiro atoms. The first-order valence-electron chi connectivity index (χ1n) is 7.09. The van der Waals surface area contributed by atoms with Crippen molar-refractivity contribution in [2.75, 3.05) is 19.6 Å². The molecule has 1 heterocycles. The first-order valence-corrected chi connectivity index (χ1v) is 8.57. The largest absolute Gasteiger partial charge is 0.313 e. The van der Waals surface area contributed by atoms with Crippen molar-refractivity contribution >= 4 is 10.0 Å². The van der Waals surface area contributed by atoms with Gasteiger partial charge in [0, 0.05) is 13.1 Å². The molecule has 0 radical (unpaired) electrons. The molecule has 5 heteroatoms. The van der Waals surface area contributed by atoms with E-state index in [4.69, 9.17) is 0 Å². The average Bonchev–Trinajstić information content (AvgIpc) is 2.47. The molecule has 0 aromatic heterocycles. The predicted molar refractivity (Wildman–Crippen MR) is 81.2 cm³/mol. The van der Waals surface area contributed by atoms with Crippen LogP contribution < -0.4 is 10.0 Å². The van der Waals surface area contributed by atoms with Crippen molar-refractivity contribution in [1.29, 1.82) is 0 Å². The summed E-state index contributed by atoms with van der Waals surface area (Å²) in [4.78, 5) is 0.340. The minimum atomic E-state index is -3.40. The second-order valence-electron chi connectivity index (χ2n) is 5.03. The molecule has 0 bridgehead atoms. The molecule has 1 aliphatic rings. The van der Waals surface area contributed by atoms with E-state index in [2.05, 4.69) is 23.0 Å². The van der Waals surface area contributed by atoms with Crippen molar-refractivity contribution in [1.82, 2.24) is 10.0 Å². The van der Waals surface area contributed by atoms with Crippen molar-refractivity contribution < 1.29 is 8.42 Å². The maximum Gasteiger partial charge on any atom is 0.240 e. The van der Waals surface area contributed by atoms with E-state index in [1.807, 2.05) is 12.1 Å². The summed E-state index contributed by atoms with van der Waals surface area (Å²) in [7, 11) is -3.40. The molecule has 0 aliphatic carbocycles. The molecule has 110 valence electrons. The molecule has 20 heavy (non-hydrogen) atoms. The van der Waals surface area contributed by atoms with Crippen LogP contribution in [0.5, 0.6) is 0 Å². The summed E-state index contributed by atoms with van der Waals surface area (Å²) in [6.45, 7) is 4.25. The molecule has 0 saturated carbocycles. The van der Waals surface area contributed by atoms with Gasteiger partial charge in [0.25, 0.3) is 0 Å². The molecule has 1 aromatic carbocycles. The number of nitrogens with one attached hydrogen (secondary N) is 2. The van der Waals surface area contributed by atoms with Gasteiger partial charge in [-0.1, -0.05) is 37.1 Å². The third-order valence-corrected chi connectivity index (χ3v) is 4.84. The van der Waals surface area contributed by atoms with Crippen LogP contribution in [-0.4, -0.2) is 28.1 Å². The molecular weight excluding hydrogens is 272 g/mol. The molecule has 0 fully saturated rings. The van der Waals surface area contributed by atoms with Crippen LogP contribution in [0.3, 0.4) is 0 Å². The zero-order valence-electron chi connectivity index (χ0n) is 11.9. The highest BCUT2D eigenvalue weighted by Crippen LogP contribution is 2.12. The highest BCUT2D eigenvalue weighted by atomic mass is 32.2. The van der Waals surface area contributed by atoms with Gasteiger partial charge in [0.05, 0.1) is 4.90 Å². The molecule has 1 aliphatic heterocycles. The van der Waals surface area contributed by atoms with E-state index in [1.54, 1.807) is 12.1 Å². The fourth-order valence-electron chi connectivity index (χ4n) is 2.23. The van der Waals surface area contributed by atoms with Crippen LogP contribution in [0, 0.1) is 0 Å². The second kappa shape index (κ2) is 7.02. The van der Waals surface area contributed by atoms with Gasteiger partial charge in [0.2, 0.25) is 10.0 Å².